The van der Waals surface area contributed by atoms with Gasteiger partial charge in [-0.2, -0.15) is 11.3 Å². The number of benzene rings is 1. The molecule has 2 N–H and O–H groups in total. The molecule has 4 nitrogen and oxygen atoms in total. The maximum atomic E-state index is 6.32. The first-order valence-corrected chi connectivity index (χ1v) is 9.13. The average molecular weight is 330 g/mol. The minimum atomic E-state index is 0.223. The van der Waals surface area contributed by atoms with Crippen molar-refractivity contribution in [3.63, 3.8) is 0 Å². The lowest BCUT2D eigenvalue weighted by molar-refractivity contribution is 0.171. The molecule has 1 aromatic heterocycles. The normalized spacial score (nSPS) is 23.8. The summed E-state index contributed by atoms with van der Waals surface area (Å²) in [5.41, 5.74) is 8.93. The molecule has 0 saturated carbocycles. The number of hydrogen-bond acceptors (Lipinski definition) is 5. The van der Waals surface area contributed by atoms with E-state index < -0.39 is 0 Å². The number of anilines is 1. The molecule has 5 heteroatoms. The molecule has 2 aliphatic heterocycles. The Hall–Kier alpha value is -1.72. The van der Waals surface area contributed by atoms with Crippen LogP contribution in [0.4, 0.5) is 5.69 Å². The van der Waals surface area contributed by atoms with E-state index in [1.165, 1.54) is 11.3 Å². The highest BCUT2D eigenvalue weighted by atomic mass is 32.1. The average Bonchev–Trinajstić information content (AvgIpc) is 3.07. The molecule has 122 valence electrons. The molecule has 2 unspecified atom stereocenters. The Balaban J connectivity index is 1.51. The van der Waals surface area contributed by atoms with Gasteiger partial charge in [0.25, 0.3) is 0 Å². The number of fused-ring (bicyclic) bond motifs is 1. The van der Waals surface area contributed by atoms with Crippen molar-refractivity contribution in [2.75, 3.05) is 31.2 Å². The molecule has 23 heavy (non-hydrogen) atoms. The van der Waals surface area contributed by atoms with Gasteiger partial charge in [-0.1, -0.05) is 0 Å². The van der Waals surface area contributed by atoms with Crippen molar-refractivity contribution in [1.29, 1.82) is 0 Å². The van der Waals surface area contributed by atoms with E-state index in [2.05, 4.69) is 33.9 Å². The van der Waals surface area contributed by atoms with Crippen LogP contribution in [0.3, 0.4) is 0 Å². The zero-order chi connectivity index (χ0) is 15.6. The second kappa shape index (κ2) is 6.42. The lowest BCUT2D eigenvalue weighted by Gasteiger charge is -2.38. The van der Waals surface area contributed by atoms with Crippen LogP contribution in [0.15, 0.2) is 35.0 Å². The van der Waals surface area contributed by atoms with Gasteiger partial charge in [0.15, 0.2) is 11.5 Å². The molecule has 0 bridgehead atoms. The van der Waals surface area contributed by atoms with Crippen LogP contribution < -0.4 is 20.1 Å². The first kappa shape index (κ1) is 14.8. The number of nitrogens with two attached hydrogens (primary N) is 1. The van der Waals surface area contributed by atoms with Crippen molar-refractivity contribution in [1.82, 2.24) is 0 Å². The van der Waals surface area contributed by atoms with E-state index >= 15 is 0 Å². The summed E-state index contributed by atoms with van der Waals surface area (Å²) in [5.74, 6) is 2.29. The van der Waals surface area contributed by atoms with Gasteiger partial charge in [-0.25, -0.2) is 0 Å². The van der Waals surface area contributed by atoms with E-state index in [4.69, 9.17) is 15.2 Å². The molecule has 2 aliphatic rings. The van der Waals surface area contributed by atoms with Gasteiger partial charge in [-0.05, 0) is 53.3 Å². The molecule has 1 saturated heterocycles. The predicted molar refractivity (Wildman–Crippen MR) is 93.8 cm³/mol. The van der Waals surface area contributed by atoms with E-state index in [1.807, 2.05) is 6.07 Å². The molecule has 0 spiro atoms. The standard InChI is InChI=1S/C18H22N2O2S/c19-15-8-14(7-13-3-6-23-12-13)10-20(11-15)16-1-2-17-18(9-16)22-5-4-21-17/h1-3,6,9,12,14-15H,4-5,7-8,10-11,19H2. The van der Waals surface area contributed by atoms with E-state index in [0.717, 1.165) is 37.4 Å². The van der Waals surface area contributed by atoms with E-state index in [9.17, 15) is 0 Å². The fraction of sp³-hybridized carbons (Fsp3) is 0.444. The molecule has 0 aliphatic carbocycles. The predicted octanol–water partition coefficient (Wildman–Crippen LogP) is 2.92. The SMILES string of the molecule is NC1CC(Cc2ccsc2)CN(c2ccc3c(c2)OCCO3)C1. The zero-order valence-electron chi connectivity index (χ0n) is 13.1. The Morgan fingerprint density at radius 3 is 2.83 bits per heavy atom. The third-order valence-electron chi connectivity index (χ3n) is 4.56. The van der Waals surface area contributed by atoms with Crippen molar-refractivity contribution >= 4 is 17.0 Å². The fourth-order valence-corrected chi connectivity index (χ4v) is 4.26. The van der Waals surface area contributed by atoms with Crippen LogP contribution in [0.5, 0.6) is 11.5 Å². The summed E-state index contributed by atoms with van der Waals surface area (Å²) in [6, 6.07) is 8.67. The monoisotopic (exact) mass is 330 g/mol. The number of thiophene rings is 1. The summed E-state index contributed by atoms with van der Waals surface area (Å²) in [6.45, 7) is 3.20. The van der Waals surface area contributed by atoms with Crippen LogP contribution in [0.25, 0.3) is 0 Å². The van der Waals surface area contributed by atoms with Crippen molar-refractivity contribution in [2.45, 2.75) is 18.9 Å². The Bertz CT molecular complexity index is 659. The van der Waals surface area contributed by atoms with Crippen molar-refractivity contribution < 1.29 is 9.47 Å². The molecular formula is C18H22N2O2S. The van der Waals surface area contributed by atoms with Gasteiger partial charge in [0.05, 0.1) is 0 Å². The third-order valence-corrected chi connectivity index (χ3v) is 5.30. The maximum absolute atomic E-state index is 6.32. The second-order valence-electron chi connectivity index (χ2n) is 6.43. The zero-order valence-corrected chi connectivity index (χ0v) is 13.9. The summed E-state index contributed by atoms with van der Waals surface area (Å²) in [4.78, 5) is 2.39. The van der Waals surface area contributed by atoms with Gasteiger partial charge in [-0.3, -0.25) is 0 Å². The lowest BCUT2D eigenvalue weighted by atomic mass is 9.89. The molecule has 0 radical (unpaired) electrons. The van der Waals surface area contributed by atoms with Crippen LogP contribution >= 0.6 is 11.3 Å². The molecule has 1 fully saturated rings. The summed E-state index contributed by atoms with van der Waals surface area (Å²) in [5, 5.41) is 4.39. The third kappa shape index (κ3) is 3.31. The second-order valence-corrected chi connectivity index (χ2v) is 7.21. The molecular weight excluding hydrogens is 308 g/mol. The number of ether oxygens (including phenoxy) is 2. The van der Waals surface area contributed by atoms with E-state index in [1.54, 1.807) is 11.3 Å². The van der Waals surface area contributed by atoms with E-state index in [-0.39, 0.29) is 6.04 Å². The van der Waals surface area contributed by atoms with Crippen molar-refractivity contribution in [2.24, 2.45) is 11.7 Å². The number of piperidine rings is 1. The van der Waals surface area contributed by atoms with Crippen LogP contribution in [0.2, 0.25) is 0 Å². The highest BCUT2D eigenvalue weighted by molar-refractivity contribution is 7.07. The topological polar surface area (TPSA) is 47.7 Å². The van der Waals surface area contributed by atoms with Crippen molar-refractivity contribution in [3.05, 3.63) is 40.6 Å². The number of hydrogen-bond donors (Lipinski definition) is 1. The summed E-state index contributed by atoms with van der Waals surface area (Å²) in [6.07, 6.45) is 2.20. The highest BCUT2D eigenvalue weighted by Crippen LogP contribution is 2.35. The molecule has 0 amide bonds. The molecule has 3 heterocycles. The largest absolute Gasteiger partial charge is 0.486 e. The van der Waals surface area contributed by atoms with Gasteiger partial charge in [0.1, 0.15) is 13.2 Å². The van der Waals surface area contributed by atoms with Crippen LogP contribution in [0.1, 0.15) is 12.0 Å². The quantitative estimate of drug-likeness (QED) is 0.940. The van der Waals surface area contributed by atoms with Crippen LogP contribution in [-0.2, 0) is 6.42 Å². The number of rotatable bonds is 3. The molecule has 2 atom stereocenters. The van der Waals surface area contributed by atoms with Gasteiger partial charge < -0.3 is 20.1 Å². The minimum Gasteiger partial charge on any atom is -0.486 e. The van der Waals surface area contributed by atoms with Crippen LogP contribution in [0, 0.1) is 5.92 Å². The first-order chi connectivity index (χ1) is 11.3. The van der Waals surface area contributed by atoms with Crippen molar-refractivity contribution in [3.8, 4) is 11.5 Å². The van der Waals surface area contributed by atoms with Gasteiger partial charge in [0, 0.05) is 30.9 Å². The first-order valence-electron chi connectivity index (χ1n) is 8.19. The Morgan fingerprint density at radius 1 is 1.13 bits per heavy atom. The number of nitrogens with zero attached hydrogens (tertiary/aromatic N) is 1. The van der Waals surface area contributed by atoms with E-state index in [0.29, 0.717) is 19.1 Å². The smallest absolute Gasteiger partial charge is 0.163 e. The van der Waals surface area contributed by atoms with Crippen LogP contribution in [-0.4, -0.2) is 32.3 Å². The minimum absolute atomic E-state index is 0.223. The van der Waals surface area contributed by atoms with Gasteiger partial charge >= 0.3 is 0 Å². The Morgan fingerprint density at radius 2 is 2.00 bits per heavy atom. The highest BCUT2D eigenvalue weighted by Gasteiger charge is 2.26. The van der Waals surface area contributed by atoms with Gasteiger partial charge in [-0.15, -0.1) is 0 Å². The van der Waals surface area contributed by atoms with Gasteiger partial charge in [0.2, 0.25) is 0 Å². The fourth-order valence-electron chi connectivity index (χ4n) is 3.58. The summed E-state index contributed by atoms with van der Waals surface area (Å²) in [7, 11) is 0. The molecule has 4 rings (SSSR count). The summed E-state index contributed by atoms with van der Waals surface area (Å²) >= 11 is 1.77. The molecule has 2 aromatic rings. The summed E-state index contributed by atoms with van der Waals surface area (Å²) < 4.78 is 11.3. The Kier molecular flexibility index (Phi) is 4.14. The maximum Gasteiger partial charge on any atom is 0.163 e. The molecule has 1 aromatic carbocycles. The lowest BCUT2D eigenvalue weighted by Crippen LogP contribution is -2.47. The Labute approximate surface area is 140 Å².